The monoisotopic (exact) mass is 295 g/mol. The summed E-state index contributed by atoms with van der Waals surface area (Å²) in [7, 11) is 0. The Kier molecular flexibility index (Phi) is 3.72. The predicted octanol–water partition coefficient (Wildman–Crippen LogP) is 2.61. The topological polar surface area (TPSA) is 60.1 Å². The third kappa shape index (κ3) is 3.29. The van der Waals surface area contributed by atoms with Gasteiger partial charge < -0.3 is 9.73 Å². The van der Waals surface area contributed by atoms with E-state index < -0.39 is 6.43 Å². The molecule has 2 heterocycles. The van der Waals surface area contributed by atoms with E-state index in [2.05, 4.69) is 10.4 Å². The van der Waals surface area contributed by atoms with Crippen LogP contribution in [0.4, 0.5) is 8.78 Å². The van der Waals surface area contributed by atoms with Gasteiger partial charge in [0.05, 0.1) is 12.8 Å². The molecule has 0 unspecified atom stereocenters. The van der Waals surface area contributed by atoms with Crippen LogP contribution >= 0.6 is 0 Å². The third-order valence-electron chi connectivity index (χ3n) is 3.38. The highest BCUT2D eigenvalue weighted by Gasteiger charge is 2.30. The van der Waals surface area contributed by atoms with E-state index in [1.807, 2.05) is 0 Å². The zero-order chi connectivity index (χ0) is 14.8. The van der Waals surface area contributed by atoms with Crippen LogP contribution in [-0.2, 0) is 17.9 Å². The first kappa shape index (κ1) is 13.8. The first-order valence-corrected chi connectivity index (χ1v) is 6.78. The molecule has 1 aliphatic carbocycles. The van der Waals surface area contributed by atoms with Crippen LogP contribution in [0.3, 0.4) is 0 Å². The number of halogens is 2. The maximum absolute atomic E-state index is 12.7. The molecule has 1 amide bonds. The molecule has 0 radical (unpaired) electrons. The maximum Gasteiger partial charge on any atom is 0.282 e. The van der Waals surface area contributed by atoms with Gasteiger partial charge in [-0.25, -0.2) is 8.78 Å². The number of carbonyl (C=O) groups is 1. The van der Waals surface area contributed by atoms with E-state index in [1.54, 1.807) is 12.1 Å². The lowest BCUT2D eigenvalue weighted by molar-refractivity contribution is -0.122. The van der Waals surface area contributed by atoms with Crippen molar-refractivity contribution in [3.05, 3.63) is 41.6 Å². The molecule has 0 aliphatic heterocycles. The van der Waals surface area contributed by atoms with Crippen molar-refractivity contribution in [2.75, 3.05) is 0 Å². The molecule has 7 heteroatoms. The summed E-state index contributed by atoms with van der Waals surface area (Å²) in [6.45, 7) is 0.215. The molecular formula is C14H15F2N3O2. The van der Waals surface area contributed by atoms with Crippen molar-refractivity contribution in [3.8, 4) is 0 Å². The number of amides is 1. The summed E-state index contributed by atoms with van der Waals surface area (Å²) in [6.07, 6.45) is 0.829. The van der Waals surface area contributed by atoms with E-state index >= 15 is 0 Å². The second-order valence-corrected chi connectivity index (χ2v) is 5.08. The highest BCUT2D eigenvalue weighted by atomic mass is 19.3. The van der Waals surface area contributed by atoms with E-state index in [1.165, 1.54) is 17.0 Å². The summed E-state index contributed by atoms with van der Waals surface area (Å²) >= 11 is 0. The van der Waals surface area contributed by atoms with Gasteiger partial charge in [-0.2, -0.15) is 5.10 Å². The molecule has 0 spiro atoms. The Hall–Kier alpha value is -2.18. The number of furan rings is 1. The molecule has 21 heavy (non-hydrogen) atoms. The fourth-order valence-electron chi connectivity index (χ4n) is 2.18. The molecular weight excluding hydrogens is 280 g/mol. The standard InChI is InChI=1S/C14H15F2N3O2/c15-14(16)11-6-12(9-3-4-9)19(18-11)8-13(20)17-7-10-2-1-5-21-10/h1-2,5-6,9,14H,3-4,7-8H2,(H,17,20). The van der Waals surface area contributed by atoms with Gasteiger partial charge in [0, 0.05) is 11.6 Å². The molecule has 0 atom stereocenters. The van der Waals surface area contributed by atoms with Crippen LogP contribution in [-0.4, -0.2) is 15.7 Å². The van der Waals surface area contributed by atoms with Crippen molar-refractivity contribution in [1.29, 1.82) is 0 Å². The Morgan fingerprint density at radius 1 is 1.52 bits per heavy atom. The molecule has 112 valence electrons. The van der Waals surface area contributed by atoms with Gasteiger partial charge in [0.15, 0.2) is 0 Å². The zero-order valence-electron chi connectivity index (χ0n) is 11.3. The average molecular weight is 295 g/mol. The van der Waals surface area contributed by atoms with Crippen molar-refractivity contribution in [2.24, 2.45) is 0 Å². The normalized spacial score (nSPS) is 14.6. The Morgan fingerprint density at radius 2 is 2.33 bits per heavy atom. The molecule has 1 saturated carbocycles. The van der Waals surface area contributed by atoms with Gasteiger partial charge in [-0.05, 0) is 31.0 Å². The number of hydrogen-bond acceptors (Lipinski definition) is 3. The largest absolute Gasteiger partial charge is 0.467 e. The van der Waals surface area contributed by atoms with Crippen LogP contribution in [0, 0.1) is 0 Å². The van der Waals surface area contributed by atoms with Gasteiger partial charge in [0.1, 0.15) is 18.0 Å². The smallest absolute Gasteiger partial charge is 0.282 e. The summed E-state index contributed by atoms with van der Waals surface area (Å²) in [5, 5.41) is 6.52. The lowest BCUT2D eigenvalue weighted by atomic mass is 10.2. The van der Waals surface area contributed by atoms with Gasteiger partial charge in [-0.3, -0.25) is 9.48 Å². The van der Waals surface area contributed by atoms with Crippen LogP contribution in [0.2, 0.25) is 0 Å². The fraction of sp³-hybridized carbons (Fsp3) is 0.429. The first-order chi connectivity index (χ1) is 10.1. The SMILES string of the molecule is O=C(Cn1nc(C(F)F)cc1C1CC1)NCc1ccco1. The van der Waals surface area contributed by atoms with Gasteiger partial charge in [0.2, 0.25) is 5.91 Å². The van der Waals surface area contributed by atoms with Crippen LogP contribution < -0.4 is 5.32 Å². The van der Waals surface area contributed by atoms with Gasteiger partial charge >= 0.3 is 0 Å². The number of rotatable bonds is 6. The quantitative estimate of drug-likeness (QED) is 0.891. The third-order valence-corrected chi connectivity index (χ3v) is 3.38. The van der Waals surface area contributed by atoms with Gasteiger partial charge in [-0.1, -0.05) is 0 Å². The van der Waals surface area contributed by atoms with Crippen molar-refractivity contribution >= 4 is 5.91 Å². The van der Waals surface area contributed by atoms with Crippen molar-refractivity contribution < 1.29 is 18.0 Å². The van der Waals surface area contributed by atoms with E-state index in [0.717, 1.165) is 18.5 Å². The Morgan fingerprint density at radius 3 is 2.95 bits per heavy atom. The van der Waals surface area contributed by atoms with Gasteiger partial charge in [0.25, 0.3) is 6.43 Å². The fourth-order valence-corrected chi connectivity index (χ4v) is 2.18. The van der Waals surface area contributed by atoms with E-state index in [-0.39, 0.29) is 30.6 Å². The van der Waals surface area contributed by atoms with E-state index in [9.17, 15) is 13.6 Å². The van der Waals surface area contributed by atoms with E-state index in [4.69, 9.17) is 4.42 Å². The molecule has 1 aliphatic rings. The van der Waals surface area contributed by atoms with Crippen LogP contribution in [0.1, 0.15) is 42.3 Å². The van der Waals surface area contributed by atoms with Crippen LogP contribution in [0.15, 0.2) is 28.9 Å². The molecule has 2 aromatic rings. The van der Waals surface area contributed by atoms with E-state index in [0.29, 0.717) is 5.76 Å². The number of alkyl halides is 2. The molecule has 5 nitrogen and oxygen atoms in total. The molecule has 2 aromatic heterocycles. The van der Waals surface area contributed by atoms with Crippen LogP contribution in [0.5, 0.6) is 0 Å². The molecule has 0 aromatic carbocycles. The molecule has 0 bridgehead atoms. The second-order valence-electron chi connectivity index (χ2n) is 5.08. The number of carbonyl (C=O) groups excluding carboxylic acids is 1. The summed E-state index contributed by atoms with van der Waals surface area (Å²) < 4.78 is 31.9. The Bertz CT molecular complexity index is 618. The second kappa shape index (κ2) is 5.67. The summed E-state index contributed by atoms with van der Waals surface area (Å²) in [6, 6.07) is 4.88. The first-order valence-electron chi connectivity index (χ1n) is 6.78. The van der Waals surface area contributed by atoms with Crippen molar-refractivity contribution in [2.45, 2.75) is 38.3 Å². The minimum absolute atomic E-state index is 0.0563. The maximum atomic E-state index is 12.7. The van der Waals surface area contributed by atoms with Gasteiger partial charge in [-0.15, -0.1) is 0 Å². The minimum Gasteiger partial charge on any atom is -0.467 e. The highest BCUT2D eigenvalue weighted by molar-refractivity contribution is 5.75. The highest BCUT2D eigenvalue weighted by Crippen LogP contribution is 2.41. The number of nitrogens with zero attached hydrogens (tertiary/aromatic N) is 2. The molecule has 1 N–H and O–H groups in total. The summed E-state index contributed by atoms with van der Waals surface area (Å²) in [4.78, 5) is 11.9. The van der Waals surface area contributed by atoms with Crippen molar-refractivity contribution in [1.82, 2.24) is 15.1 Å². The summed E-state index contributed by atoms with van der Waals surface area (Å²) in [5.74, 6) is 0.611. The predicted molar refractivity (Wildman–Crippen MR) is 69.7 cm³/mol. The Labute approximate surface area is 119 Å². The molecule has 3 rings (SSSR count). The lowest BCUT2D eigenvalue weighted by Gasteiger charge is -2.07. The number of aromatic nitrogens is 2. The van der Waals surface area contributed by atoms with Crippen molar-refractivity contribution in [3.63, 3.8) is 0 Å². The minimum atomic E-state index is -2.62. The summed E-state index contributed by atoms with van der Waals surface area (Å²) in [5.41, 5.74) is 0.453. The molecule has 0 saturated heterocycles. The zero-order valence-corrected chi connectivity index (χ0v) is 11.3. The van der Waals surface area contributed by atoms with Crippen LogP contribution in [0.25, 0.3) is 0 Å². The average Bonchev–Trinajstić information content (AvgIpc) is 3.00. The lowest BCUT2D eigenvalue weighted by Crippen LogP contribution is -2.28. The number of nitrogens with one attached hydrogen (secondary N) is 1. The number of hydrogen-bond donors (Lipinski definition) is 1. The Balaban J connectivity index is 1.64. The molecule has 1 fully saturated rings.